The van der Waals surface area contributed by atoms with E-state index in [1.165, 1.54) is 0 Å². The van der Waals surface area contributed by atoms with Crippen LogP contribution in [0.4, 0.5) is 5.82 Å². The zero-order valence-corrected chi connectivity index (χ0v) is 19.1. The van der Waals surface area contributed by atoms with Gasteiger partial charge < -0.3 is 16.5 Å². The van der Waals surface area contributed by atoms with Crippen LogP contribution in [0.3, 0.4) is 0 Å². The second kappa shape index (κ2) is 8.62. The zero-order valence-electron chi connectivity index (χ0n) is 19.1. The van der Waals surface area contributed by atoms with Crippen molar-refractivity contribution in [3.8, 4) is 11.1 Å². The molecular formula is C27H22N8O. The number of anilines is 1. The summed E-state index contributed by atoms with van der Waals surface area (Å²) < 4.78 is 0. The van der Waals surface area contributed by atoms with E-state index in [2.05, 4.69) is 37.5 Å². The molecule has 6 aromatic rings. The molecule has 9 heteroatoms. The van der Waals surface area contributed by atoms with Crippen LogP contribution < -0.4 is 11.5 Å². The molecule has 3 aromatic heterocycles. The average Bonchev–Trinajstić information content (AvgIpc) is 3.54. The van der Waals surface area contributed by atoms with Gasteiger partial charge >= 0.3 is 0 Å². The number of aromatic amines is 2. The quantitative estimate of drug-likeness (QED) is 0.287. The summed E-state index contributed by atoms with van der Waals surface area (Å²) in [6, 6.07) is 25.3. The molecule has 3 aromatic carbocycles. The first kappa shape index (κ1) is 21.5. The molecule has 0 aliphatic rings. The lowest BCUT2D eigenvalue weighted by Gasteiger charge is -2.17. The van der Waals surface area contributed by atoms with E-state index < -0.39 is 5.91 Å². The van der Waals surface area contributed by atoms with E-state index in [9.17, 15) is 4.79 Å². The third-order valence-electron chi connectivity index (χ3n) is 6.36. The Morgan fingerprint density at radius 3 is 2.47 bits per heavy atom. The number of rotatable bonds is 6. The molecule has 0 fully saturated rings. The Hall–Kier alpha value is -5.05. The summed E-state index contributed by atoms with van der Waals surface area (Å²) in [4.78, 5) is 24.2. The highest BCUT2D eigenvalue weighted by Gasteiger charge is 2.22. The van der Waals surface area contributed by atoms with Crippen molar-refractivity contribution in [3.63, 3.8) is 0 Å². The molecule has 0 bridgehead atoms. The van der Waals surface area contributed by atoms with Gasteiger partial charge in [0.15, 0.2) is 0 Å². The largest absolute Gasteiger partial charge is 0.384 e. The highest BCUT2D eigenvalue weighted by Crippen LogP contribution is 2.34. The number of hydrogen-bond acceptors (Lipinski definition) is 6. The predicted octanol–water partition coefficient (Wildman–Crippen LogP) is 3.95. The van der Waals surface area contributed by atoms with Gasteiger partial charge in [0.2, 0.25) is 11.6 Å². The lowest BCUT2D eigenvalue weighted by molar-refractivity contribution is 0.100. The van der Waals surface area contributed by atoms with Gasteiger partial charge in [-0.2, -0.15) is 10.3 Å². The van der Waals surface area contributed by atoms with Gasteiger partial charge in [-0.05, 0) is 41.0 Å². The molecule has 0 saturated heterocycles. The highest BCUT2D eigenvalue weighted by atomic mass is 16.1. The first-order chi connectivity index (χ1) is 17.6. The number of primary amides is 1. The molecule has 176 valence electrons. The number of carbonyl (C=O) groups excluding carboxylic acids is 1. The number of nitrogens with zero attached hydrogens (tertiary/aromatic N) is 4. The van der Waals surface area contributed by atoms with Gasteiger partial charge in [-0.25, -0.2) is 9.97 Å². The Balaban J connectivity index is 1.44. The summed E-state index contributed by atoms with van der Waals surface area (Å²) in [6.45, 7) is 0. The SMILES string of the molecule is NC(=O)c1ccc(-c2cccc3[nH]c(CC(c4ccccc4)c4cc(N)nc5n[nH]nc45)nc23)cc1. The minimum absolute atomic E-state index is 0.0806. The summed E-state index contributed by atoms with van der Waals surface area (Å²) in [5.74, 6) is 0.681. The van der Waals surface area contributed by atoms with Crippen molar-refractivity contribution in [2.45, 2.75) is 12.3 Å². The fraction of sp³-hybridized carbons (Fsp3) is 0.0741. The molecule has 36 heavy (non-hydrogen) atoms. The Morgan fingerprint density at radius 2 is 1.69 bits per heavy atom. The second-order valence-electron chi connectivity index (χ2n) is 8.63. The van der Waals surface area contributed by atoms with Gasteiger partial charge in [0.1, 0.15) is 17.2 Å². The van der Waals surface area contributed by atoms with Crippen molar-refractivity contribution in [2.24, 2.45) is 5.73 Å². The van der Waals surface area contributed by atoms with E-state index in [1.807, 2.05) is 54.6 Å². The first-order valence-electron chi connectivity index (χ1n) is 11.5. The standard InChI is InChI=1S/C27H22N8O/c28-22-13-20(25-27(31-22)34-35-33-25)19(15-5-2-1-3-6-15)14-23-30-21-8-4-7-18(24(21)32-23)16-9-11-17(12-10-16)26(29)36/h1-13,19H,14H2,(H2,29,36)(H,30,32)(H3,28,31,33,34,35). The van der Waals surface area contributed by atoms with Crippen molar-refractivity contribution >= 4 is 33.9 Å². The van der Waals surface area contributed by atoms with E-state index in [-0.39, 0.29) is 5.92 Å². The third kappa shape index (κ3) is 3.82. The van der Waals surface area contributed by atoms with Crippen molar-refractivity contribution in [1.82, 2.24) is 30.4 Å². The molecule has 1 amide bonds. The summed E-state index contributed by atoms with van der Waals surface area (Å²) in [7, 11) is 0. The molecule has 0 aliphatic heterocycles. The third-order valence-corrected chi connectivity index (χ3v) is 6.36. The van der Waals surface area contributed by atoms with E-state index >= 15 is 0 Å². The maximum absolute atomic E-state index is 11.5. The molecule has 0 saturated carbocycles. The average molecular weight is 475 g/mol. The molecule has 9 nitrogen and oxygen atoms in total. The van der Waals surface area contributed by atoms with Crippen molar-refractivity contribution in [3.05, 3.63) is 101 Å². The topological polar surface area (TPSA) is 152 Å². The number of imidazole rings is 1. The molecule has 6 rings (SSSR count). The molecule has 3 heterocycles. The van der Waals surface area contributed by atoms with Crippen molar-refractivity contribution < 1.29 is 4.79 Å². The van der Waals surface area contributed by atoms with Gasteiger partial charge in [-0.3, -0.25) is 4.79 Å². The minimum atomic E-state index is -0.452. The maximum atomic E-state index is 11.5. The summed E-state index contributed by atoms with van der Waals surface area (Å²) in [5.41, 5.74) is 18.9. The number of fused-ring (bicyclic) bond motifs is 2. The van der Waals surface area contributed by atoms with E-state index in [0.29, 0.717) is 29.0 Å². The molecule has 0 aliphatic carbocycles. The first-order valence-corrected chi connectivity index (χ1v) is 11.5. The second-order valence-corrected chi connectivity index (χ2v) is 8.63. The smallest absolute Gasteiger partial charge is 0.248 e. The van der Waals surface area contributed by atoms with Crippen LogP contribution in [0.1, 0.15) is 33.2 Å². The zero-order chi connectivity index (χ0) is 24.6. The predicted molar refractivity (Wildman–Crippen MR) is 138 cm³/mol. The van der Waals surface area contributed by atoms with Crippen LogP contribution in [0.5, 0.6) is 0 Å². The fourth-order valence-corrected chi connectivity index (χ4v) is 4.66. The number of nitrogens with one attached hydrogen (secondary N) is 2. The molecule has 0 spiro atoms. The number of nitrogen functional groups attached to an aromatic ring is 1. The number of aromatic nitrogens is 6. The Bertz CT molecular complexity index is 1700. The normalized spacial score (nSPS) is 12.2. The molecule has 6 N–H and O–H groups in total. The summed E-state index contributed by atoms with van der Waals surface area (Å²) >= 11 is 0. The molecule has 0 radical (unpaired) electrons. The fourth-order valence-electron chi connectivity index (χ4n) is 4.66. The van der Waals surface area contributed by atoms with E-state index in [4.69, 9.17) is 16.5 Å². The van der Waals surface area contributed by atoms with Crippen molar-refractivity contribution in [2.75, 3.05) is 5.73 Å². The van der Waals surface area contributed by atoms with Crippen LogP contribution in [0.25, 0.3) is 33.3 Å². The number of benzene rings is 3. The molecule has 1 atom stereocenters. The van der Waals surface area contributed by atoms with Gasteiger partial charge in [0.05, 0.1) is 11.0 Å². The number of carbonyl (C=O) groups is 1. The summed E-state index contributed by atoms with van der Waals surface area (Å²) in [6.07, 6.45) is 0.587. The number of nitrogens with two attached hydrogens (primary N) is 2. The number of para-hydroxylation sites is 1. The lowest BCUT2D eigenvalue weighted by Crippen LogP contribution is -2.10. The van der Waals surface area contributed by atoms with Gasteiger partial charge in [-0.1, -0.05) is 54.6 Å². The van der Waals surface area contributed by atoms with Crippen LogP contribution in [0, 0.1) is 0 Å². The summed E-state index contributed by atoms with van der Waals surface area (Å²) in [5, 5.41) is 11.1. The molecular weight excluding hydrogens is 452 g/mol. The number of H-pyrrole nitrogens is 2. The van der Waals surface area contributed by atoms with E-state index in [0.717, 1.165) is 39.1 Å². The van der Waals surface area contributed by atoms with Crippen LogP contribution in [0.2, 0.25) is 0 Å². The Morgan fingerprint density at radius 1 is 0.889 bits per heavy atom. The van der Waals surface area contributed by atoms with Gasteiger partial charge in [0.25, 0.3) is 0 Å². The van der Waals surface area contributed by atoms with Gasteiger partial charge in [0, 0.05) is 23.5 Å². The monoisotopic (exact) mass is 474 g/mol. The lowest BCUT2D eigenvalue weighted by atomic mass is 9.88. The highest BCUT2D eigenvalue weighted by molar-refractivity contribution is 5.95. The van der Waals surface area contributed by atoms with Crippen LogP contribution >= 0.6 is 0 Å². The van der Waals surface area contributed by atoms with E-state index in [1.54, 1.807) is 12.1 Å². The van der Waals surface area contributed by atoms with Crippen molar-refractivity contribution in [1.29, 1.82) is 0 Å². The number of pyridine rings is 1. The maximum Gasteiger partial charge on any atom is 0.248 e. The Kier molecular flexibility index (Phi) is 5.15. The van der Waals surface area contributed by atoms with Crippen LogP contribution in [0.15, 0.2) is 78.9 Å². The number of amides is 1. The van der Waals surface area contributed by atoms with Gasteiger partial charge in [-0.15, -0.1) is 5.10 Å². The molecule has 1 unspecified atom stereocenters. The van der Waals surface area contributed by atoms with Crippen LogP contribution in [-0.4, -0.2) is 36.3 Å². The Labute approximate surface area is 205 Å². The number of hydrogen-bond donors (Lipinski definition) is 4. The minimum Gasteiger partial charge on any atom is -0.384 e. The van der Waals surface area contributed by atoms with Crippen LogP contribution in [-0.2, 0) is 6.42 Å².